The number of fused-ring (bicyclic) bond motifs is 1. The molecule has 10 heteroatoms. The molecular weight excluding hydrogens is 300 g/mol. The van der Waals surface area contributed by atoms with E-state index in [1.54, 1.807) is 5.38 Å². The Bertz CT molecular complexity index is 703. The van der Waals surface area contributed by atoms with E-state index in [9.17, 15) is 20.0 Å². The summed E-state index contributed by atoms with van der Waals surface area (Å²) in [5, 5.41) is 25.2. The van der Waals surface area contributed by atoms with Gasteiger partial charge < -0.3 is 25.3 Å². The van der Waals surface area contributed by atoms with Gasteiger partial charge in [0.2, 0.25) is 5.82 Å². The average Bonchev–Trinajstić information content (AvgIpc) is 2.99. The van der Waals surface area contributed by atoms with Gasteiger partial charge in [-0.25, -0.2) is 4.79 Å². The average molecular weight is 312 g/mol. The third-order valence-corrected chi connectivity index (χ3v) is 4.28. The van der Waals surface area contributed by atoms with Crippen LogP contribution in [0.5, 0.6) is 0 Å². The Hall–Kier alpha value is -2.20. The molecule has 0 saturated carbocycles. The van der Waals surface area contributed by atoms with Crippen LogP contribution >= 0.6 is 11.3 Å². The summed E-state index contributed by atoms with van der Waals surface area (Å²) in [5.41, 5.74) is -1.28. The highest BCUT2D eigenvalue weighted by atomic mass is 32.1. The second-order valence-electron chi connectivity index (χ2n) is 4.72. The van der Waals surface area contributed by atoms with Crippen molar-refractivity contribution in [2.45, 2.75) is 18.4 Å². The van der Waals surface area contributed by atoms with Crippen LogP contribution in [0.2, 0.25) is 0 Å². The standard InChI is InChI=1S/C11H12N4O5S/c16-9(17)11(1-4-20-5-2-11)13-7-8(15(18)19)14-3-6-21-10(14)12-7/h3,6,13H,1-2,4-5H2,(H,16,17). The van der Waals surface area contributed by atoms with Crippen molar-refractivity contribution in [1.82, 2.24) is 9.38 Å². The monoisotopic (exact) mass is 312 g/mol. The number of carboxylic acid groups (broad SMARTS) is 1. The minimum atomic E-state index is -1.28. The molecule has 3 rings (SSSR count). The zero-order chi connectivity index (χ0) is 15.0. The molecule has 2 aromatic heterocycles. The fourth-order valence-electron chi connectivity index (χ4n) is 2.37. The Morgan fingerprint density at radius 1 is 1.57 bits per heavy atom. The number of nitrogens with zero attached hydrogens (tertiary/aromatic N) is 3. The minimum Gasteiger partial charge on any atom is -0.480 e. The molecular formula is C11H12N4O5S. The normalized spacial score (nSPS) is 17.7. The van der Waals surface area contributed by atoms with Crippen molar-refractivity contribution in [2.75, 3.05) is 18.5 Å². The number of carboxylic acids is 1. The molecule has 0 atom stereocenters. The molecule has 1 aliphatic heterocycles. The number of carbonyl (C=O) groups is 1. The van der Waals surface area contributed by atoms with Crippen molar-refractivity contribution >= 4 is 33.9 Å². The topological polar surface area (TPSA) is 119 Å². The minimum absolute atomic E-state index is 0.0175. The number of nitro groups is 1. The van der Waals surface area contributed by atoms with Crippen LogP contribution in [0.4, 0.5) is 11.6 Å². The maximum absolute atomic E-state index is 11.6. The zero-order valence-corrected chi connectivity index (χ0v) is 11.6. The molecule has 0 unspecified atom stereocenters. The smallest absolute Gasteiger partial charge is 0.372 e. The summed E-state index contributed by atoms with van der Waals surface area (Å²) in [4.78, 5) is 26.9. The van der Waals surface area contributed by atoms with Crippen LogP contribution in [-0.2, 0) is 9.53 Å². The van der Waals surface area contributed by atoms with E-state index in [0.717, 1.165) is 0 Å². The van der Waals surface area contributed by atoms with Crippen molar-refractivity contribution in [3.8, 4) is 0 Å². The van der Waals surface area contributed by atoms with E-state index in [1.165, 1.54) is 21.9 Å². The van der Waals surface area contributed by atoms with Gasteiger partial charge in [-0.15, -0.1) is 0 Å². The van der Waals surface area contributed by atoms with E-state index in [1.807, 2.05) is 0 Å². The van der Waals surface area contributed by atoms with E-state index >= 15 is 0 Å². The van der Waals surface area contributed by atoms with Gasteiger partial charge in [-0.2, -0.15) is 9.38 Å². The SMILES string of the molecule is O=C(O)C1(Nc2nc3sccn3c2[N+](=O)[O-])CCOCC1. The number of hydrogen-bond donors (Lipinski definition) is 2. The first-order chi connectivity index (χ1) is 10.0. The van der Waals surface area contributed by atoms with Gasteiger partial charge in [0, 0.05) is 31.4 Å². The van der Waals surface area contributed by atoms with Crippen LogP contribution in [0.1, 0.15) is 12.8 Å². The number of anilines is 1. The summed E-state index contributed by atoms with van der Waals surface area (Å²) in [6.07, 6.45) is 1.99. The number of thiazole rings is 1. The summed E-state index contributed by atoms with van der Waals surface area (Å²) in [5.74, 6) is -1.33. The second kappa shape index (κ2) is 4.97. The lowest BCUT2D eigenvalue weighted by molar-refractivity contribution is -0.389. The number of rotatable bonds is 4. The quantitative estimate of drug-likeness (QED) is 0.646. The highest BCUT2D eigenvalue weighted by Gasteiger charge is 2.42. The van der Waals surface area contributed by atoms with Gasteiger partial charge >= 0.3 is 11.8 Å². The van der Waals surface area contributed by atoms with Crippen molar-refractivity contribution < 1.29 is 19.6 Å². The van der Waals surface area contributed by atoms with Gasteiger partial charge in [0.15, 0.2) is 0 Å². The molecule has 112 valence electrons. The van der Waals surface area contributed by atoms with Gasteiger partial charge in [-0.1, -0.05) is 11.3 Å². The Kier molecular flexibility index (Phi) is 3.26. The summed E-state index contributed by atoms with van der Waals surface area (Å²) >= 11 is 1.24. The van der Waals surface area contributed by atoms with Gasteiger partial charge in [0.1, 0.15) is 11.7 Å². The number of nitrogens with one attached hydrogen (secondary N) is 1. The third kappa shape index (κ3) is 2.21. The first-order valence-corrected chi connectivity index (χ1v) is 7.11. The fourth-order valence-corrected chi connectivity index (χ4v) is 3.08. The largest absolute Gasteiger partial charge is 0.480 e. The van der Waals surface area contributed by atoms with Crippen molar-refractivity contribution in [3.05, 3.63) is 21.7 Å². The first kappa shape index (κ1) is 13.8. The van der Waals surface area contributed by atoms with E-state index in [0.29, 0.717) is 4.96 Å². The van der Waals surface area contributed by atoms with Crippen molar-refractivity contribution in [1.29, 1.82) is 0 Å². The molecule has 0 aliphatic carbocycles. The van der Waals surface area contributed by atoms with Crippen LogP contribution in [-0.4, -0.2) is 44.1 Å². The number of ether oxygens (including phenoxy) is 1. The second-order valence-corrected chi connectivity index (χ2v) is 5.59. The molecule has 1 fully saturated rings. The molecule has 0 amide bonds. The fraction of sp³-hybridized carbons (Fsp3) is 0.455. The number of hydrogen-bond acceptors (Lipinski definition) is 7. The maximum Gasteiger partial charge on any atom is 0.372 e. The summed E-state index contributed by atoms with van der Waals surface area (Å²) in [6, 6.07) is 0. The van der Waals surface area contributed by atoms with Gasteiger partial charge in [-0.3, -0.25) is 0 Å². The summed E-state index contributed by atoms with van der Waals surface area (Å²) in [6.45, 7) is 0.574. The molecule has 1 saturated heterocycles. The van der Waals surface area contributed by atoms with Crippen LogP contribution in [0.3, 0.4) is 0 Å². The molecule has 2 N–H and O–H groups in total. The Morgan fingerprint density at radius 3 is 2.90 bits per heavy atom. The molecule has 21 heavy (non-hydrogen) atoms. The van der Waals surface area contributed by atoms with Crippen LogP contribution in [0, 0.1) is 10.1 Å². The molecule has 3 heterocycles. The lowest BCUT2D eigenvalue weighted by Crippen LogP contribution is -2.50. The van der Waals surface area contributed by atoms with E-state index < -0.39 is 16.4 Å². The molecule has 0 bridgehead atoms. The molecule has 9 nitrogen and oxygen atoms in total. The van der Waals surface area contributed by atoms with Crippen LogP contribution < -0.4 is 5.32 Å². The van der Waals surface area contributed by atoms with Crippen LogP contribution in [0.25, 0.3) is 4.96 Å². The molecule has 2 aromatic rings. The lowest BCUT2D eigenvalue weighted by Gasteiger charge is -2.33. The predicted molar refractivity (Wildman–Crippen MR) is 73.8 cm³/mol. The first-order valence-electron chi connectivity index (χ1n) is 6.23. The lowest BCUT2D eigenvalue weighted by atomic mass is 9.90. The Morgan fingerprint density at radius 2 is 2.29 bits per heavy atom. The predicted octanol–water partition coefficient (Wildman–Crippen LogP) is 1.35. The number of aliphatic carboxylic acids is 1. The van der Waals surface area contributed by atoms with Crippen molar-refractivity contribution in [2.24, 2.45) is 0 Å². The Balaban J connectivity index is 2.03. The maximum atomic E-state index is 11.6. The number of imidazole rings is 1. The highest BCUT2D eigenvalue weighted by molar-refractivity contribution is 7.15. The van der Waals surface area contributed by atoms with E-state index in [-0.39, 0.29) is 37.7 Å². The number of aromatic nitrogens is 2. The van der Waals surface area contributed by atoms with Gasteiger partial charge in [0.05, 0.1) is 0 Å². The van der Waals surface area contributed by atoms with E-state index in [4.69, 9.17) is 4.74 Å². The molecule has 1 aliphatic rings. The summed E-state index contributed by atoms with van der Waals surface area (Å²) < 4.78 is 6.51. The van der Waals surface area contributed by atoms with Crippen LogP contribution in [0.15, 0.2) is 11.6 Å². The Labute approximate surface area is 122 Å². The van der Waals surface area contributed by atoms with Crippen molar-refractivity contribution in [3.63, 3.8) is 0 Å². The molecule has 0 aromatic carbocycles. The van der Waals surface area contributed by atoms with E-state index in [2.05, 4.69) is 10.3 Å². The molecule has 0 spiro atoms. The van der Waals surface area contributed by atoms with Gasteiger partial charge in [-0.05, 0) is 4.92 Å². The molecule has 0 radical (unpaired) electrons. The van der Waals surface area contributed by atoms with Gasteiger partial charge in [0.25, 0.3) is 4.96 Å². The zero-order valence-electron chi connectivity index (χ0n) is 10.8. The highest BCUT2D eigenvalue weighted by Crippen LogP contribution is 2.33. The summed E-state index contributed by atoms with van der Waals surface area (Å²) in [7, 11) is 0. The third-order valence-electron chi connectivity index (χ3n) is 3.52.